The van der Waals surface area contributed by atoms with Crippen LogP contribution in [0.15, 0.2) is 55.1 Å². The number of allylic oxidation sites excluding steroid dienone is 1. The molecular weight excluding hydrogens is 350 g/mol. The van der Waals surface area contributed by atoms with E-state index in [1.54, 1.807) is 0 Å². The Morgan fingerprint density at radius 2 is 1.69 bits per heavy atom. The van der Waals surface area contributed by atoms with E-state index in [0.717, 1.165) is 12.3 Å². The number of piperidine rings is 1. The van der Waals surface area contributed by atoms with Gasteiger partial charge in [-0.05, 0) is 97.8 Å². The maximum Gasteiger partial charge on any atom is -0.00129 e. The average Bonchev–Trinajstić information content (AvgIpc) is 2.80. The predicted octanol–water partition coefficient (Wildman–Crippen LogP) is 7.12. The molecule has 0 spiro atoms. The molecule has 0 bridgehead atoms. The van der Waals surface area contributed by atoms with Crippen LogP contribution in [0.5, 0.6) is 0 Å². The number of likely N-dealkylation sites (tertiary alicyclic amines) is 1. The summed E-state index contributed by atoms with van der Waals surface area (Å²) >= 11 is 0. The lowest BCUT2D eigenvalue weighted by Gasteiger charge is -2.34. The SMILES string of the molecule is C=C1c2ccc(CC)cc2CCC1CCN1CCC(c2ccccc2)CC1.CC. The van der Waals surface area contributed by atoms with Crippen LogP contribution >= 0.6 is 0 Å². The van der Waals surface area contributed by atoms with Crippen molar-refractivity contribution in [2.45, 2.75) is 65.2 Å². The third-order valence-electron chi connectivity index (χ3n) is 6.83. The molecule has 1 aliphatic heterocycles. The summed E-state index contributed by atoms with van der Waals surface area (Å²) in [4.78, 5) is 2.68. The van der Waals surface area contributed by atoms with E-state index in [1.165, 1.54) is 79.6 Å². The summed E-state index contributed by atoms with van der Waals surface area (Å²) in [6.45, 7) is 14.4. The molecule has 4 rings (SSSR count). The molecule has 156 valence electrons. The molecule has 0 N–H and O–H groups in total. The van der Waals surface area contributed by atoms with Crippen LogP contribution in [-0.4, -0.2) is 24.5 Å². The molecule has 0 saturated carbocycles. The molecule has 1 aliphatic carbocycles. The normalized spacial score (nSPS) is 20.0. The summed E-state index contributed by atoms with van der Waals surface area (Å²) < 4.78 is 0. The molecule has 0 amide bonds. The minimum atomic E-state index is 0.664. The predicted molar refractivity (Wildman–Crippen MR) is 127 cm³/mol. The standard InChI is InChI=1S/C26H33N.C2H6/c1-3-21-9-12-26-20(2)22(10-11-25(26)19-21)13-16-27-17-14-24(15-18-27)23-7-5-4-6-8-23;1-2/h4-9,12,19,22,24H,2-3,10-11,13-18H2,1H3;1-2H3. The highest BCUT2D eigenvalue weighted by Crippen LogP contribution is 2.37. The second kappa shape index (κ2) is 10.8. The van der Waals surface area contributed by atoms with Gasteiger partial charge in [0.15, 0.2) is 0 Å². The Morgan fingerprint density at radius 1 is 0.966 bits per heavy atom. The fourth-order valence-electron chi connectivity index (χ4n) is 4.98. The van der Waals surface area contributed by atoms with Gasteiger partial charge in [0, 0.05) is 0 Å². The van der Waals surface area contributed by atoms with E-state index in [1.807, 2.05) is 13.8 Å². The van der Waals surface area contributed by atoms with Crippen LogP contribution in [0.25, 0.3) is 5.57 Å². The maximum atomic E-state index is 4.49. The number of hydrogen-bond donors (Lipinski definition) is 0. The highest BCUT2D eigenvalue weighted by Gasteiger charge is 2.25. The van der Waals surface area contributed by atoms with Gasteiger partial charge in [-0.3, -0.25) is 0 Å². The first-order valence-electron chi connectivity index (χ1n) is 11.8. The quantitative estimate of drug-likeness (QED) is 0.526. The molecule has 1 heterocycles. The van der Waals surface area contributed by atoms with Gasteiger partial charge in [-0.25, -0.2) is 0 Å². The number of rotatable bonds is 5. The molecule has 1 saturated heterocycles. The molecule has 1 unspecified atom stereocenters. The molecule has 2 aromatic carbocycles. The van der Waals surface area contributed by atoms with Crippen LogP contribution in [0.1, 0.15) is 74.6 Å². The first-order chi connectivity index (χ1) is 14.2. The zero-order valence-electron chi connectivity index (χ0n) is 18.8. The van der Waals surface area contributed by atoms with Gasteiger partial charge < -0.3 is 4.90 Å². The lowest BCUT2D eigenvalue weighted by Crippen LogP contribution is -2.34. The molecule has 1 heteroatoms. The molecule has 0 radical (unpaired) electrons. The van der Waals surface area contributed by atoms with Crippen molar-refractivity contribution in [3.63, 3.8) is 0 Å². The van der Waals surface area contributed by atoms with E-state index < -0.39 is 0 Å². The van der Waals surface area contributed by atoms with Gasteiger partial charge in [0.1, 0.15) is 0 Å². The Kier molecular flexibility index (Phi) is 8.12. The number of nitrogens with zero attached hydrogens (tertiary/aromatic N) is 1. The van der Waals surface area contributed by atoms with E-state index in [4.69, 9.17) is 0 Å². The molecular formula is C28H39N. The Balaban J connectivity index is 0.00000117. The summed E-state index contributed by atoms with van der Waals surface area (Å²) in [5.41, 5.74) is 7.34. The summed E-state index contributed by atoms with van der Waals surface area (Å²) in [6, 6.07) is 18.1. The van der Waals surface area contributed by atoms with E-state index >= 15 is 0 Å². The monoisotopic (exact) mass is 389 g/mol. The van der Waals surface area contributed by atoms with Crippen LogP contribution in [0.2, 0.25) is 0 Å². The third-order valence-corrected chi connectivity index (χ3v) is 6.83. The second-order valence-electron chi connectivity index (χ2n) is 8.42. The van der Waals surface area contributed by atoms with E-state index in [-0.39, 0.29) is 0 Å². The maximum absolute atomic E-state index is 4.49. The number of benzene rings is 2. The molecule has 1 atom stereocenters. The highest BCUT2D eigenvalue weighted by molar-refractivity contribution is 5.70. The van der Waals surface area contributed by atoms with Crippen molar-refractivity contribution in [2.24, 2.45) is 5.92 Å². The number of fused-ring (bicyclic) bond motifs is 1. The van der Waals surface area contributed by atoms with E-state index in [0.29, 0.717) is 5.92 Å². The van der Waals surface area contributed by atoms with Crippen molar-refractivity contribution in [1.82, 2.24) is 4.90 Å². The van der Waals surface area contributed by atoms with E-state index in [9.17, 15) is 0 Å². The van der Waals surface area contributed by atoms with Gasteiger partial charge in [-0.2, -0.15) is 0 Å². The molecule has 1 fully saturated rings. The third kappa shape index (κ3) is 5.39. The molecule has 2 aliphatic rings. The number of hydrogen-bond acceptors (Lipinski definition) is 1. The molecule has 0 aromatic heterocycles. The van der Waals surface area contributed by atoms with Crippen LogP contribution < -0.4 is 0 Å². The summed E-state index contributed by atoms with van der Waals surface area (Å²) in [7, 11) is 0. The van der Waals surface area contributed by atoms with Gasteiger partial charge in [0.2, 0.25) is 0 Å². The molecule has 2 aromatic rings. The van der Waals surface area contributed by atoms with Gasteiger partial charge in [-0.1, -0.05) is 75.9 Å². The second-order valence-corrected chi connectivity index (χ2v) is 8.42. The van der Waals surface area contributed by atoms with Crippen LogP contribution in [0.4, 0.5) is 0 Å². The summed E-state index contributed by atoms with van der Waals surface area (Å²) in [5, 5.41) is 0. The fourth-order valence-corrected chi connectivity index (χ4v) is 4.98. The van der Waals surface area contributed by atoms with E-state index in [2.05, 4.69) is 66.9 Å². The minimum absolute atomic E-state index is 0.664. The van der Waals surface area contributed by atoms with Crippen molar-refractivity contribution in [1.29, 1.82) is 0 Å². The van der Waals surface area contributed by atoms with Crippen molar-refractivity contribution < 1.29 is 0 Å². The van der Waals surface area contributed by atoms with Gasteiger partial charge in [0.25, 0.3) is 0 Å². The average molecular weight is 390 g/mol. The number of aryl methyl sites for hydroxylation is 2. The Labute approximate surface area is 178 Å². The van der Waals surface area contributed by atoms with Crippen molar-refractivity contribution in [3.05, 3.63) is 77.4 Å². The lowest BCUT2D eigenvalue weighted by molar-refractivity contribution is 0.202. The van der Waals surface area contributed by atoms with Crippen molar-refractivity contribution >= 4 is 5.57 Å². The Bertz CT molecular complexity index is 768. The Morgan fingerprint density at radius 3 is 2.38 bits per heavy atom. The smallest absolute Gasteiger partial charge is 0.00129 e. The highest BCUT2D eigenvalue weighted by atomic mass is 15.1. The van der Waals surface area contributed by atoms with Gasteiger partial charge >= 0.3 is 0 Å². The van der Waals surface area contributed by atoms with Crippen molar-refractivity contribution in [2.75, 3.05) is 19.6 Å². The van der Waals surface area contributed by atoms with Crippen molar-refractivity contribution in [3.8, 4) is 0 Å². The first kappa shape index (κ1) is 21.8. The van der Waals surface area contributed by atoms with Crippen LogP contribution in [-0.2, 0) is 12.8 Å². The molecule has 1 nitrogen and oxygen atoms in total. The lowest BCUT2D eigenvalue weighted by atomic mass is 9.78. The Hall–Kier alpha value is -1.86. The van der Waals surface area contributed by atoms with Crippen LogP contribution in [0, 0.1) is 5.92 Å². The van der Waals surface area contributed by atoms with Gasteiger partial charge in [-0.15, -0.1) is 0 Å². The fraction of sp³-hybridized carbons (Fsp3) is 0.500. The molecule has 29 heavy (non-hydrogen) atoms. The zero-order chi connectivity index (χ0) is 20.6. The first-order valence-corrected chi connectivity index (χ1v) is 11.8. The van der Waals surface area contributed by atoms with Crippen LogP contribution in [0.3, 0.4) is 0 Å². The largest absolute Gasteiger partial charge is 0.303 e. The zero-order valence-corrected chi connectivity index (χ0v) is 18.8. The summed E-state index contributed by atoms with van der Waals surface area (Å²) in [6.07, 6.45) is 7.50. The topological polar surface area (TPSA) is 3.24 Å². The minimum Gasteiger partial charge on any atom is -0.303 e. The van der Waals surface area contributed by atoms with Gasteiger partial charge in [0.05, 0.1) is 0 Å². The summed E-state index contributed by atoms with van der Waals surface area (Å²) in [5.74, 6) is 1.42.